The van der Waals surface area contributed by atoms with Crippen LogP contribution in [0.1, 0.15) is 24.8 Å². The maximum Gasteiger partial charge on any atom is 0.328 e. The number of amides is 1. The molecule has 0 aliphatic carbocycles. The Morgan fingerprint density at radius 2 is 2.32 bits per heavy atom. The molecule has 5 nitrogen and oxygen atoms in total. The van der Waals surface area contributed by atoms with Gasteiger partial charge in [-0.1, -0.05) is 6.07 Å². The van der Waals surface area contributed by atoms with Crippen molar-refractivity contribution in [2.45, 2.75) is 31.7 Å². The van der Waals surface area contributed by atoms with Crippen molar-refractivity contribution >= 4 is 11.9 Å². The minimum atomic E-state index is -0.428. The van der Waals surface area contributed by atoms with Gasteiger partial charge in [0.2, 0.25) is 5.91 Å². The molecule has 0 bridgehead atoms. The minimum absolute atomic E-state index is 0.0388. The molecule has 0 N–H and O–H groups in total. The Morgan fingerprint density at radius 1 is 1.47 bits per heavy atom. The number of aromatic nitrogens is 1. The number of methoxy groups -OCH3 is 1. The lowest BCUT2D eigenvalue weighted by Gasteiger charge is -2.33. The topological polar surface area (TPSA) is 59.5 Å². The van der Waals surface area contributed by atoms with E-state index in [0.717, 1.165) is 18.4 Å². The van der Waals surface area contributed by atoms with Crippen molar-refractivity contribution in [2.75, 3.05) is 13.7 Å². The molecule has 19 heavy (non-hydrogen) atoms. The summed E-state index contributed by atoms with van der Waals surface area (Å²) in [4.78, 5) is 29.6. The van der Waals surface area contributed by atoms with Crippen LogP contribution in [0.4, 0.5) is 0 Å². The first kappa shape index (κ1) is 13.5. The quantitative estimate of drug-likeness (QED) is 0.767. The number of carbonyl (C=O) groups is 2. The molecule has 1 saturated heterocycles. The van der Waals surface area contributed by atoms with Crippen LogP contribution >= 0.6 is 0 Å². The molecule has 102 valence electrons. The van der Waals surface area contributed by atoms with Gasteiger partial charge in [0, 0.05) is 18.9 Å². The van der Waals surface area contributed by atoms with E-state index in [1.54, 1.807) is 23.4 Å². The van der Waals surface area contributed by atoms with Gasteiger partial charge in [0.15, 0.2) is 0 Å². The van der Waals surface area contributed by atoms with Gasteiger partial charge in [0.25, 0.3) is 0 Å². The first-order valence-electron chi connectivity index (χ1n) is 6.48. The summed E-state index contributed by atoms with van der Waals surface area (Å²) in [5.74, 6) is -0.359. The zero-order valence-electron chi connectivity index (χ0n) is 11.0. The number of carbonyl (C=O) groups excluding carboxylic acids is 2. The normalized spacial score (nSPS) is 19.0. The van der Waals surface area contributed by atoms with Crippen molar-refractivity contribution in [2.24, 2.45) is 0 Å². The lowest BCUT2D eigenvalue weighted by atomic mass is 10.0. The third-order valence-corrected chi connectivity index (χ3v) is 3.37. The summed E-state index contributed by atoms with van der Waals surface area (Å²) in [5.41, 5.74) is 0.863. The summed E-state index contributed by atoms with van der Waals surface area (Å²) >= 11 is 0. The second-order valence-corrected chi connectivity index (χ2v) is 4.66. The number of nitrogens with zero attached hydrogens (tertiary/aromatic N) is 2. The second-order valence-electron chi connectivity index (χ2n) is 4.66. The molecule has 0 aromatic carbocycles. The fraction of sp³-hybridized carbons (Fsp3) is 0.500. The number of hydrogen-bond donors (Lipinski definition) is 0. The van der Waals surface area contributed by atoms with Crippen molar-refractivity contribution in [3.63, 3.8) is 0 Å². The van der Waals surface area contributed by atoms with Crippen LogP contribution in [-0.2, 0) is 20.7 Å². The van der Waals surface area contributed by atoms with Crippen LogP contribution in [0.5, 0.6) is 0 Å². The third-order valence-electron chi connectivity index (χ3n) is 3.37. The van der Waals surface area contributed by atoms with Crippen LogP contribution in [0.25, 0.3) is 0 Å². The largest absolute Gasteiger partial charge is 0.467 e. The lowest BCUT2D eigenvalue weighted by molar-refractivity contribution is -0.154. The van der Waals surface area contributed by atoms with E-state index in [4.69, 9.17) is 4.74 Å². The van der Waals surface area contributed by atoms with Crippen molar-refractivity contribution in [3.05, 3.63) is 30.1 Å². The number of ether oxygens (including phenoxy) is 1. The molecule has 0 spiro atoms. The Morgan fingerprint density at radius 3 is 3.00 bits per heavy atom. The monoisotopic (exact) mass is 262 g/mol. The first-order valence-corrected chi connectivity index (χ1v) is 6.48. The van der Waals surface area contributed by atoms with Gasteiger partial charge in [-0.15, -0.1) is 0 Å². The van der Waals surface area contributed by atoms with Crippen LogP contribution in [0.15, 0.2) is 24.5 Å². The van der Waals surface area contributed by atoms with Crippen molar-refractivity contribution in [1.82, 2.24) is 9.88 Å². The van der Waals surface area contributed by atoms with Crippen LogP contribution < -0.4 is 0 Å². The Labute approximate surface area is 112 Å². The molecular formula is C14H18N2O3. The average molecular weight is 262 g/mol. The summed E-state index contributed by atoms with van der Waals surface area (Å²) in [6.07, 6.45) is 6.20. The molecule has 1 amide bonds. The second kappa shape index (κ2) is 6.31. The highest BCUT2D eigenvalue weighted by Gasteiger charge is 2.32. The predicted molar refractivity (Wildman–Crippen MR) is 69.3 cm³/mol. The van der Waals surface area contributed by atoms with Gasteiger partial charge in [0.1, 0.15) is 6.04 Å². The number of piperidine rings is 1. The molecule has 1 atom stereocenters. The Balaban J connectivity index is 2.05. The first-order chi connectivity index (χ1) is 9.22. The number of likely N-dealkylation sites (tertiary alicyclic amines) is 1. The third kappa shape index (κ3) is 3.30. The number of esters is 1. The van der Waals surface area contributed by atoms with Crippen molar-refractivity contribution in [3.8, 4) is 0 Å². The zero-order valence-corrected chi connectivity index (χ0v) is 11.0. The summed E-state index contributed by atoms with van der Waals surface area (Å²) in [7, 11) is 1.36. The summed E-state index contributed by atoms with van der Waals surface area (Å²) in [5, 5.41) is 0. The molecule has 2 rings (SSSR count). The molecule has 2 heterocycles. The Hall–Kier alpha value is -1.91. The SMILES string of the molecule is COC(=O)[C@H]1CCCCN1C(=O)Cc1cccnc1. The zero-order chi connectivity index (χ0) is 13.7. The van der Waals surface area contributed by atoms with E-state index in [-0.39, 0.29) is 18.3 Å². The van der Waals surface area contributed by atoms with E-state index >= 15 is 0 Å². The summed E-state index contributed by atoms with van der Waals surface area (Å²) < 4.78 is 4.78. The fourth-order valence-electron chi connectivity index (χ4n) is 2.39. The van der Waals surface area contributed by atoms with Crippen LogP contribution in [-0.4, -0.2) is 41.5 Å². The smallest absolute Gasteiger partial charge is 0.328 e. The molecule has 0 unspecified atom stereocenters. The Bertz CT molecular complexity index is 447. The standard InChI is InChI=1S/C14H18N2O3/c1-19-14(18)12-6-2-3-8-16(12)13(17)9-11-5-4-7-15-10-11/h4-5,7,10,12H,2-3,6,8-9H2,1H3/t12-/m1/s1. The van der Waals surface area contributed by atoms with Crippen LogP contribution in [0, 0.1) is 0 Å². The van der Waals surface area contributed by atoms with Crippen molar-refractivity contribution < 1.29 is 14.3 Å². The molecule has 1 fully saturated rings. The molecule has 0 radical (unpaired) electrons. The molecular weight excluding hydrogens is 244 g/mol. The minimum Gasteiger partial charge on any atom is -0.467 e. The van der Waals surface area contributed by atoms with Gasteiger partial charge >= 0.3 is 5.97 Å². The maximum absolute atomic E-state index is 12.3. The van der Waals surface area contributed by atoms with Crippen molar-refractivity contribution in [1.29, 1.82) is 0 Å². The number of hydrogen-bond acceptors (Lipinski definition) is 4. The molecule has 1 aliphatic heterocycles. The Kier molecular flexibility index (Phi) is 4.49. The predicted octanol–water partition coefficient (Wildman–Crippen LogP) is 1.18. The highest BCUT2D eigenvalue weighted by atomic mass is 16.5. The summed E-state index contributed by atoms with van der Waals surface area (Å²) in [6, 6.07) is 3.24. The van der Waals surface area contributed by atoms with Gasteiger partial charge in [0.05, 0.1) is 13.5 Å². The highest BCUT2D eigenvalue weighted by molar-refractivity contribution is 5.85. The molecule has 1 aliphatic rings. The van der Waals surface area contributed by atoms with Gasteiger partial charge in [-0.2, -0.15) is 0 Å². The average Bonchev–Trinajstić information content (AvgIpc) is 2.47. The van der Waals surface area contributed by atoms with E-state index in [2.05, 4.69) is 4.98 Å². The van der Waals surface area contributed by atoms with Gasteiger partial charge in [-0.3, -0.25) is 9.78 Å². The number of rotatable bonds is 3. The molecule has 1 aromatic heterocycles. The fourth-order valence-corrected chi connectivity index (χ4v) is 2.39. The number of pyridine rings is 1. The van der Waals surface area contributed by atoms with E-state index in [0.29, 0.717) is 13.0 Å². The molecule has 0 saturated carbocycles. The van der Waals surface area contributed by atoms with Gasteiger partial charge in [-0.05, 0) is 30.9 Å². The van der Waals surface area contributed by atoms with Crippen LogP contribution in [0.2, 0.25) is 0 Å². The van der Waals surface area contributed by atoms with Gasteiger partial charge in [-0.25, -0.2) is 4.79 Å². The van der Waals surface area contributed by atoms with Crippen LogP contribution in [0.3, 0.4) is 0 Å². The highest BCUT2D eigenvalue weighted by Crippen LogP contribution is 2.19. The van der Waals surface area contributed by atoms with E-state index in [1.807, 2.05) is 6.07 Å². The summed E-state index contributed by atoms with van der Waals surface area (Å²) in [6.45, 7) is 0.624. The van der Waals surface area contributed by atoms with Gasteiger partial charge < -0.3 is 9.64 Å². The molecule has 1 aromatic rings. The molecule has 5 heteroatoms. The maximum atomic E-state index is 12.3. The van der Waals surface area contributed by atoms with E-state index in [9.17, 15) is 9.59 Å². The van der Waals surface area contributed by atoms with E-state index < -0.39 is 6.04 Å². The lowest BCUT2D eigenvalue weighted by Crippen LogP contribution is -2.49. The van der Waals surface area contributed by atoms with E-state index in [1.165, 1.54) is 7.11 Å².